The lowest BCUT2D eigenvalue weighted by Gasteiger charge is -2.40. The molecule has 4 heteroatoms. The predicted molar refractivity (Wildman–Crippen MR) is 84.9 cm³/mol. The molecule has 0 aliphatic carbocycles. The van der Waals surface area contributed by atoms with E-state index in [1.165, 1.54) is 4.88 Å². The van der Waals surface area contributed by atoms with Crippen LogP contribution in [0, 0.1) is 5.92 Å². The van der Waals surface area contributed by atoms with Gasteiger partial charge in [-0.1, -0.05) is 33.8 Å². The van der Waals surface area contributed by atoms with E-state index in [4.69, 9.17) is 0 Å². The highest BCUT2D eigenvalue weighted by atomic mass is 32.1. The molecule has 2 rings (SSSR count). The Bertz CT molecular complexity index is 428. The third kappa shape index (κ3) is 3.41. The number of likely N-dealkylation sites (tertiary alicyclic amines) is 1. The van der Waals surface area contributed by atoms with Crippen LogP contribution in [0.4, 0.5) is 0 Å². The molecule has 1 N–H and O–H groups in total. The Balaban J connectivity index is 2.18. The third-order valence-corrected chi connectivity index (χ3v) is 4.75. The van der Waals surface area contributed by atoms with Crippen LogP contribution >= 0.6 is 11.3 Å². The summed E-state index contributed by atoms with van der Waals surface area (Å²) < 4.78 is 0. The van der Waals surface area contributed by atoms with Crippen molar-refractivity contribution in [1.29, 1.82) is 0 Å². The van der Waals surface area contributed by atoms with Gasteiger partial charge in [0.05, 0.1) is 12.1 Å². The highest BCUT2D eigenvalue weighted by molar-refractivity contribution is 7.10. The van der Waals surface area contributed by atoms with Crippen LogP contribution in [0.5, 0.6) is 0 Å². The first-order valence-corrected chi connectivity index (χ1v) is 8.48. The van der Waals surface area contributed by atoms with Gasteiger partial charge in [0, 0.05) is 17.5 Å². The summed E-state index contributed by atoms with van der Waals surface area (Å²) >= 11 is 1.76. The summed E-state index contributed by atoms with van der Waals surface area (Å²) in [7, 11) is 0. The van der Waals surface area contributed by atoms with Crippen molar-refractivity contribution in [2.75, 3.05) is 6.54 Å². The van der Waals surface area contributed by atoms with Gasteiger partial charge >= 0.3 is 0 Å². The Kier molecular flexibility index (Phi) is 5.22. The van der Waals surface area contributed by atoms with E-state index >= 15 is 0 Å². The molecule has 0 bridgehead atoms. The number of hydrogen-bond acceptors (Lipinski definition) is 3. The largest absolute Gasteiger partial charge is 0.333 e. The quantitative estimate of drug-likeness (QED) is 0.902. The minimum Gasteiger partial charge on any atom is -0.333 e. The Morgan fingerprint density at radius 1 is 1.35 bits per heavy atom. The van der Waals surface area contributed by atoms with E-state index < -0.39 is 0 Å². The van der Waals surface area contributed by atoms with Crippen LogP contribution in [0.15, 0.2) is 17.5 Å². The van der Waals surface area contributed by atoms with Crippen molar-refractivity contribution < 1.29 is 4.79 Å². The third-order valence-electron chi connectivity index (χ3n) is 3.81. The Morgan fingerprint density at radius 3 is 2.65 bits per heavy atom. The van der Waals surface area contributed by atoms with E-state index in [9.17, 15) is 4.79 Å². The number of nitrogens with one attached hydrogen (secondary N) is 1. The molecule has 2 atom stereocenters. The minimum absolute atomic E-state index is 0.00929. The number of piperidine rings is 1. The van der Waals surface area contributed by atoms with E-state index in [2.05, 4.69) is 55.4 Å². The monoisotopic (exact) mass is 294 g/mol. The molecule has 1 aromatic heterocycles. The fourth-order valence-electron chi connectivity index (χ4n) is 3.03. The van der Waals surface area contributed by atoms with Crippen molar-refractivity contribution in [3.05, 3.63) is 22.4 Å². The molecule has 1 aromatic rings. The molecule has 2 unspecified atom stereocenters. The molecule has 3 nitrogen and oxygen atoms in total. The summed E-state index contributed by atoms with van der Waals surface area (Å²) in [5, 5.41) is 5.51. The van der Waals surface area contributed by atoms with Gasteiger partial charge in [-0.2, -0.15) is 0 Å². The van der Waals surface area contributed by atoms with Gasteiger partial charge in [-0.25, -0.2) is 0 Å². The molecule has 0 radical (unpaired) electrons. The van der Waals surface area contributed by atoms with Crippen molar-refractivity contribution in [1.82, 2.24) is 10.2 Å². The number of nitrogens with zero attached hydrogens (tertiary/aromatic N) is 1. The summed E-state index contributed by atoms with van der Waals surface area (Å²) in [5.74, 6) is 0.715. The smallest absolute Gasteiger partial charge is 0.240 e. The highest BCUT2D eigenvalue weighted by Gasteiger charge is 2.35. The predicted octanol–water partition coefficient (Wildman–Crippen LogP) is 3.43. The van der Waals surface area contributed by atoms with Crippen molar-refractivity contribution in [2.45, 2.75) is 58.7 Å². The summed E-state index contributed by atoms with van der Waals surface area (Å²) in [6.07, 6.45) is 2.05. The van der Waals surface area contributed by atoms with Crippen molar-refractivity contribution in [3.63, 3.8) is 0 Å². The zero-order valence-electron chi connectivity index (χ0n) is 12.9. The Morgan fingerprint density at radius 2 is 2.10 bits per heavy atom. The molecule has 1 aliphatic heterocycles. The van der Waals surface area contributed by atoms with Gasteiger partial charge in [-0.15, -0.1) is 11.3 Å². The molecule has 0 spiro atoms. The van der Waals surface area contributed by atoms with Crippen LogP contribution in [-0.2, 0) is 4.79 Å². The van der Waals surface area contributed by atoms with Crippen molar-refractivity contribution in [3.8, 4) is 0 Å². The van der Waals surface area contributed by atoms with E-state index in [0.717, 1.165) is 19.4 Å². The lowest BCUT2D eigenvalue weighted by molar-refractivity contribution is -0.140. The maximum Gasteiger partial charge on any atom is 0.240 e. The normalized spacial score (nSPS) is 21.8. The van der Waals surface area contributed by atoms with Crippen LogP contribution in [0.2, 0.25) is 0 Å². The van der Waals surface area contributed by atoms with Gasteiger partial charge in [0.1, 0.15) is 0 Å². The second-order valence-corrected chi connectivity index (χ2v) is 7.23. The number of amides is 1. The van der Waals surface area contributed by atoms with Gasteiger partial charge in [-0.05, 0) is 30.2 Å². The second kappa shape index (κ2) is 6.72. The van der Waals surface area contributed by atoms with Gasteiger partial charge in [-0.3, -0.25) is 4.79 Å². The topological polar surface area (TPSA) is 32.3 Å². The lowest BCUT2D eigenvalue weighted by atomic mass is 9.95. The number of thiophene rings is 1. The highest BCUT2D eigenvalue weighted by Crippen LogP contribution is 2.34. The van der Waals surface area contributed by atoms with Crippen LogP contribution in [-0.4, -0.2) is 29.4 Å². The van der Waals surface area contributed by atoms with Crippen LogP contribution < -0.4 is 5.32 Å². The van der Waals surface area contributed by atoms with Gasteiger partial charge in [0.15, 0.2) is 0 Å². The molecular weight excluding hydrogens is 268 g/mol. The molecule has 1 aliphatic rings. The van der Waals surface area contributed by atoms with Crippen LogP contribution in [0.25, 0.3) is 0 Å². The zero-order chi connectivity index (χ0) is 14.7. The molecule has 112 valence electrons. The maximum atomic E-state index is 12.8. The summed E-state index contributed by atoms with van der Waals surface area (Å²) in [4.78, 5) is 16.2. The van der Waals surface area contributed by atoms with E-state index in [1.807, 2.05) is 0 Å². The SMILES string of the molecule is CC(C)NC1CCCN(C(c2cccs2)C(C)C)C1=O. The fourth-order valence-corrected chi connectivity index (χ4v) is 4.04. The van der Waals surface area contributed by atoms with E-state index in [0.29, 0.717) is 12.0 Å². The van der Waals surface area contributed by atoms with Crippen LogP contribution in [0.3, 0.4) is 0 Å². The van der Waals surface area contributed by atoms with Crippen LogP contribution in [0.1, 0.15) is 51.5 Å². The average molecular weight is 294 g/mol. The van der Waals surface area contributed by atoms with Crippen molar-refractivity contribution >= 4 is 17.2 Å². The Labute approximate surface area is 126 Å². The maximum absolute atomic E-state index is 12.8. The first kappa shape index (κ1) is 15.5. The molecular formula is C16H26N2OS. The summed E-state index contributed by atoms with van der Waals surface area (Å²) in [6, 6.07) is 4.79. The molecule has 20 heavy (non-hydrogen) atoms. The molecule has 2 heterocycles. The second-order valence-electron chi connectivity index (χ2n) is 6.25. The zero-order valence-corrected chi connectivity index (χ0v) is 13.7. The fraction of sp³-hybridized carbons (Fsp3) is 0.688. The summed E-state index contributed by atoms with van der Waals surface area (Å²) in [6.45, 7) is 9.50. The van der Waals surface area contributed by atoms with E-state index in [-0.39, 0.29) is 18.0 Å². The summed E-state index contributed by atoms with van der Waals surface area (Å²) in [5.41, 5.74) is 0. The van der Waals surface area contributed by atoms with Gasteiger partial charge in [0.2, 0.25) is 5.91 Å². The van der Waals surface area contributed by atoms with Crippen molar-refractivity contribution in [2.24, 2.45) is 5.92 Å². The van der Waals surface area contributed by atoms with Gasteiger partial charge in [0.25, 0.3) is 0 Å². The molecule has 0 saturated carbocycles. The number of carbonyl (C=O) groups is 1. The Hall–Kier alpha value is -0.870. The standard InChI is InChI=1S/C16H26N2OS/c1-11(2)15(14-8-6-10-20-14)18-9-5-7-13(16(18)19)17-12(3)4/h6,8,10-13,15,17H,5,7,9H2,1-4H3. The first-order chi connectivity index (χ1) is 9.50. The van der Waals surface area contributed by atoms with Gasteiger partial charge < -0.3 is 10.2 Å². The number of rotatable bonds is 5. The number of carbonyl (C=O) groups excluding carboxylic acids is 1. The molecule has 1 amide bonds. The first-order valence-electron chi connectivity index (χ1n) is 7.60. The molecule has 1 fully saturated rings. The minimum atomic E-state index is -0.00929. The molecule has 1 saturated heterocycles. The van der Waals surface area contributed by atoms with E-state index in [1.54, 1.807) is 11.3 Å². The average Bonchev–Trinajstić information content (AvgIpc) is 2.87. The number of hydrogen-bond donors (Lipinski definition) is 1. The molecule has 0 aromatic carbocycles. The lowest BCUT2D eigenvalue weighted by Crippen LogP contribution is -2.53.